The number of benzene rings is 1. The van der Waals surface area contributed by atoms with E-state index in [0.29, 0.717) is 11.5 Å². The Labute approximate surface area is 113 Å². The minimum absolute atomic E-state index is 0.132. The van der Waals surface area contributed by atoms with Crippen molar-refractivity contribution in [1.82, 2.24) is 0 Å². The first-order chi connectivity index (χ1) is 8.37. The Kier molecular flexibility index (Phi) is 5.35. The van der Waals surface area contributed by atoms with Crippen LogP contribution in [0.5, 0.6) is 11.5 Å². The van der Waals surface area contributed by atoms with Gasteiger partial charge in [-0.3, -0.25) is 0 Å². The average Bonchev–Trinajstić information content (AvgIpc) is 2.34. The van der Waals surface area contributed by atoms with E-state index in [2.05, 4.69) is 20.8 Å². The zero-order valence-corrected chi connectivity index (χ0v) is 12.5. The van der Waals surface area contributed by atoms with Gasteiger partial charge in [0.15, 0.2) is 0 Å². The third-order valence-electron chi connectivity index (χ3n) is 2.47. The van der Waals surface area contributed by atoms with Crippen LogP contribution in [0.4, 0.5) is 0 Å². The number of thioether (sulfide) groups is 1. The first-order valence-corrected chi connectivity index (χ1v) is 6.90. The molecule has 0 spiro atoms. The Bertz CT molecular complexity index is 385. The van der Waals surface area contributed by atoms with Crippen LogP contribution >= 0.6 is 11.8 Å². The summed E-state index contributed by atoms with van der Waals surface area (Å²) in [6.07, 6.45) is -0.556. The molecule has 0 fully saturated rings. The molecule has 4 heteroatoms. The summed E-state index contributed by atoms with van der Waals surface area (Å²) in [5.41, 5.74) is 0.772. The highest BCUT2D eigenvalue weighted by Crippen LogP contribution is 2.34. The summed E-state index contributed by atoms with van der Waals surface area (Å²) in [4.78, 5) is 0. The first kappa shape index (κ1) is 15.2. The Hall–Kier alpha value is -0.870. The summed E-state index contributed by atoms with van der Waals surface area (Å²) in [5.74, 6) is 2.05. The number of methoxy groups -OCH3 is 2. The smallest absolute Gasteiger partial charge is 0.124 e. The molecule has 3 nitrogen and oxygen atoms in total. The molecule has 1 N–H and O–H groups in total. The normalized spacial score (nSPS) is 13.2. The number of aliphatic hydroxyl groups is 1. The quantitative estimate of drug-likeness (QED) is 0.891. The van der Waals surface area contributed by atoms with Crippen LogP contribution in [0.1, 0.15) is 32.4 Å². The van der Waals surface area contributed by atoms with Gasteiger partial charge in [-0.05, 0) is 18.2 Å². The minimum Gasteiger partial charge on any atom is -0.497 e. The molecule has 0 aromatic heterocycles. The van der Waals surface area contributed by atoms with Crippen LogP contribution in [0.2, 0.25) is 0 Å². The topological polar surface area (TPSA) is 38.7 Å². The van der Waals surface area contributed by atoms with E-state index in [0.717, 1.165) is 11.3 Å². The van der Waals surface area contributed by atoms with Crippen molar-refractivity contribution < 1.29 is 14.6 Å². The predicted octanol–water partition coefficient (Wildman–Crippen LogP) is 3.27. The molecule has 1 aromatic rings. The fourth-order valence-corrected chi connectivity index (χ4v) is 2.36. The average molecular weight is 270 g/mol. The maximum Gasteiger partial charge on any atom is 0.124 e. The number of aliphatic hydroxyl groups excluding tert-OH is 1. The molecule has 0 aliphatic heterocycles. The molecule has 18 heavy (non-hydrogen) atoms. The number of ether oxygens (including phenoxy) is 2. The zero-order chi connectivity index (χ0) is 13.8. The third kappa shape index (κ3) is 4.42. The molecule has 0 aliphatic carbocycles. The highest BCUT2D eigenvalue weighted by Gasteiger charge is 2.18. The van der Waals surface area contributed by atoms with Crippen molar-refractivity contribution in [1.29, 1.82) is 0 Å². The van der Waals surface area contributed by atoms with Gasteiger partial charge in [-0.2, -0.15) is 11.8 Å². The lowest BCUT2D eigenvalue weighted by molar-refractivity contribution is 0.198. The van der Waals surface area contributed by atoms with E-state index in [1.807, 2.05) is 18.2 Å². The van der Waals surface area contributed by atoms with Gasteiger partial charge in [0.25, 0.3) is 0 Å². The molecule has 1 unspecified atom stereocenters. The summed E-state index contributed by atoms with van der Waals surface area (Å²) in [7, 11) is 3.22. The molecule has 0 saturated heterocycles. The van der Waals surface area contributed by atoms with Crippen molar-refractivity contribution in [2.75, 3.05) is 20.0 Å². The summed E-state index contributed by atoms with van der Waals surface area (Å²) in [5, 5.41) is 10.3. The van der Waals surface area contributed by atoms with E-state index in [1.54, 1.807) is 26.0 Å². The van der Waals surface area contributed by atoms with Crippen molar-refractivity contribution in [2.24, 2.45) is 0 Å². The van der Waals surface area contributed by atoms with Gasteiger partial charge in [-0.25, -0.2) is 0 Å². The number of hydrogen-bond donors (Lipinski definition) is 1. The molecule has 0 heterocycles. The Morgan fingerprint density at radius 1 is 1.22 bits per heavy atom. The van der Waals surface area contributed by atoms with Crippen molar-refractivity contribution in [2.45, 2.75) is 31.6 Å². The Morgan fingerprint density at radius 2 is 1.89 bits per heavy atom. The molecule has 0 saturated carbocycles. The Balaban J connectivity index is 2.85. The fourth-order valence-electron chi connectivity index (χ4n) is 1.52. The third-order valence-corrected chi connectivity index (χ3v) is 3.82. The molecule has 1 atom stereocenters. The van der Waals surface area contributed by atoms with Crippen LogP contribution in [0, 0.1) is 0 Å². The van der Waals surface area contributed by atoms with Gasteiger partial charge >= 0.3 is 0 Å². The molecule has 0 aliphatic rings. The second-order valence-corrected chi connectivity index (χ2v) is 6.89. The summed E-state index contributed by atoms with van der Waals surface area (Å²) < 4.78 is 10.6. The number of hydrogen-bond acceptors (Lipinski definition) is 4. The van der Waals surface area contributed by atoms with Gasteiger partial charge in [0.05, 0.1) is 20.3 Å². The molecular formula is C14H22O3S. The minimum atomic E-state index is -0.556. The molecule has 0 amide bonds. The lowest BCUT2D eigenvalue weighted by atomic mass is 10.1. The molecule has 102 valence electrons. The van der Waals surface area contributed by atoms with Crippen molar-refractivity contribution in [3.63, 3.8) is 0 Å². The van der Waals surface area contributed by atoms with E-state index < -0.39 is 6.10 Å². The van der Waals surface area contributed by atoms with Crippen LogP contribution in [0.25, 0.3) is 0 Å². The van der Waals surface area contributed by atoms with Crippen LogP contribution in [-0.4, -0.2) is 29.8 Å². The molecule has 0 radical (unpaired) electrons. The van der Waals surface area contributed by atoms with Gasteiger partial charge < -0.3 is 14.6 Å². The van der Waals surface area contributed by atoms with Crippen molar-refractivity contribution >= 4 is 11.8 Å². The predicted molar refractivity (Wildman–Crippen MR) is 76.7 cm³/mol. The molecule has 1 aromatic carbocycles. The first-order valence-electron chi connectivity index (χ1n) is 5.91. The van der Waals surface area contributed by atoms with E-state index >= 15 is 0 Å². The SMILES string of the molecule is COc1ccc(OC)c(C(O)CSC(C)(C)C)c1. The van der Waals surface area contributed by atoms with Crippen molar-refractivity contribution in [3.05, 3.63) is 23.8 Å². The van der Waals surface area contributed by atoms with Gasteiger partial charge in [0, 0.05) is 16.1 Å². The van der Waals surface area contributed by atoms with Gasteiger partial charge in [0.2, 0.25) is 0 Å². The second kappa shape index (κ2) is 6.34. The zero-order valence-electron chi connectivity index (χ0n) is 11.7. The lowest BCUT2D eigenvalue weighted by Gasteiger charge is -2.21. The Morgan fingerprint density at radius 3 is 2.39 bits per heavy atom. The van der Waals surface area contributed by atoms with Gasteiger partial charge in [-0.1, -0.05) is 20.8 Å². The highest BCUT2D eigenvalue weighted by molar-refractivity contribution is 8.00. The van der Waals surface area contributed by atoms with Crippen LogP contribution in [0.3, 0.4) is 0 Å². The molecule has 0 bridgehead atoms. The monoisotopic (exact) mass is 270 g/mol. The van der Waals surface area contributed by atoms with E-state index in [9.17, 15) is 5.11 Å². The second-order valence-electron chi connectivity index (χ2n) is 5.05. The van der Waals surface area contributed by atoms with Crippen LogP contribution in [-0.2, 0) is 0 Å². The summed E-state index contributed by atoms with van der Waals surface area (Å²) in [6, 6.07) is 5.47. The maximum absolute atomic E-state index is 10.3. The number of rotatable bonds is 5. The molecular weight excluding hydrogens is 248 g/mol. The van der Waals surface area contributed by atoms with Crippen LogP contribution in [0.15, 0.2) is 18.2 Å². The van der Waals surface area contributed by atoms with Crippen LogP contribution < -0.4 is 9.47 Å². The lowest BCUT2D eigenvalue weighted by Crippen LogP contribution is -2.12. The standard InChI is InChI=1S/C14H22O3S/c1-14(2,3)18-9-12(15)11-8-10(16-4)6-7-13(11)17-5/h6-8,12,15H,9H2,1-5H3. The van der Waals surface area contributed by atoms with E-state index in [-0.39, 0.29) is 4.75 Å². The highest BCUT2D eigenvalue weighted by atomic mass is 32.2. The maximum atomic E-state index is 10.3. The largest absolute Gasteiger partial charge is 0.497 e. The molecule has 1 rings (SSSR count). The van der Waals surface area contributed by atoms with E-state index in [4.69, 9.17) is 9.47 Å². The van der Waals surface area contributed by atoms with E-state index in [1.165, 1.54) is 0 Å². The summed E-state index contributed by atoms with van der Waals surface area (Å²) >= 11 is 1.72. The fraction of sp³-hybridized carbons (Fsp3) is 0.571. The van der Waals surface area contributed by atoms with Gasteiger partial charge in [-0.15, -0.1) is 0 Å². The van der Waals surface area contributed by atoms with Gasteiger partial charge in [0.1, 0.15) is 11.5 Å². The van der Waals surface area contributed by atoms with Crippen molar-refractivity contribution in [3.8, 4) is 11.5 Å². The summed E-state index contributed by atoms with van der Waals surface area (Å²) in [6.45, 7) is 6.40.